The summed E-state index contributed by atoms with van der Waals surface area (Å²) in [6.07, 6.45) is 2.29. The van der Waals surface area contributed by atoms with E-state index in [9.17, 15) is 9.50 Å². The van der Waals surface area contributed by atoms with Crippen LogP contribution >= 0.6 is 11.6 Å². The second-order valence-electron chi connectivity index (χ2n) is 4.41. The van der Waals surface area contributed by atoms with E-state index in [1.54, 1.807) is 18.2 Å². The highest BCUT2D eigenvalue weighted by atomic mass is 35.5. The summed E-state index contributed by atoms with van der Waals surface area (Å²) in [7, 11) is 0. The SMILES string of the molecule is C=CCN1CCC(O)(c2cccc(Cl)c2F)C1. The van der Waals surface area contributed by atoms with Crippen molar-refractivity contribution in [2.75, 3.05) is 19.6 Å². The molecule has 0 bridgehead atoms. The van der Waals surface area contributed by atoms with E-state index >= 15 is 0 Å². The second-order valence-corrected chi connectivity index (χ2v) is 4.81. The number of rotatable bonds is 3. The van der Waals surface area contributed by atoms with Crippen LogP contribution in [0.2, 0.25) is 5.02 Å². The van der Waals surface area contributed by atoms with Crippen molar-refractivity contribution in [2.24, 2.45) is 0 Å². The summed E-state index contributed by atoms with van der Waals surface area (Å²) in [4.78, 5) is 2.04. The van der Waals surface area contributed by atoms with Crippen LogP contribution in [0.1, 0.15) is 12.0 Å². The molecule has 2 rings (SSSR count). The molecule has 1 unspecified atom stereocenters. The number of halogens is 2. The van der Waals surface area contributed by atoms with E-state index in [1.165, 1.54) is 6.07 Å². The third-order valence-electron chi connectivity index (χ3n) is 3.17. The summed E-state index contributed by atoms with van der Waals surface area (Å²) in [6, 6.07) is 4.74. The fourth-order valence-corrected chi connectivity index (χ4v) is 2.47. The highest BCUT2D eigenvalue weighted by Gasteiger charge is 2.39. The minimum atomic E-state index is -1.14. The molecule has 4 heteroatoms. The molecule has 0 saturated carbocycles. The summed E-state index contributed by atoms with van der Waals surface area (Å²) in [5.74, 6) is -0.517. The standard InChI is InChI=1S/C13H15ClFNO/c1-2-7-16-8-6-13(17,9-16)10-4-3-5-11(14)12(10)15/h2-5,17H,1,6-9H2. The Morgan fingerprint density at radius 1 is 1.59 bits per heavy atom. The Balaban J connectivity index is 2.27. The summed E-state index contributed by atoms with van der Waals surface area (Å²) in [5, 5.41) is 10.5. The Hall–Kier alpha value is -0.900. The van der Waals surface area contributed by atoms with Crippen LogP contribution in [0.25, 0.3) is 0 Å². The normalized spacial score (nSPS) is 25.1. The molecule has 0 aliphatic carbocycles. The maximum Gasteiger partial charge on any atom is 0.147 e. The van der Waals surface area contributed by atoms with Crippen molar-refractivity contribution < 1.29 is 9.50 Å². The minimum absolute atomic E-state index is 0.0538. The zero-order valence-corrected chi connectivity index (χ0v) is 10.3. The summed E-state index contributed by atoms with van der Waals surface area (Å²) < 4.78 is 13.9. The molecule has 1 fully saturated rings. The van der Waals surface area contributed by atoms with Crippen molar-refractivity contribution in [3.05, 3.63) is 47.3 Å². The lowest BCUT2D eigenvalue weighted by Crippen LogP contribution is -2.31. The lowest BCUT2D eigenvalue weighted by Gasteiger charge is -2.24. The predicted molar refractivity (Wildman–Crippen MR) is 66.6 cm³/mol. The van der Waals surface area contributed by atoms with Crippen LogP contribution in [0, 0.1) is 5.82 Å². The van der Waals surface area contributed by atoms with Gasteiger partial charge in [0.2, 0.25) is 0 Å². The van der Waals surface area contributed by atoms with Gasteiger partial charge in [-0.3, -0.25) is 4.90 Å². The number of hydrogen-bond acceptors (Lipinski definition) is 2. The van der Waals surface area contributed by atoms with Crippen LogP contribution in [-0.4, -0.2) is 29.6 Å². The maximum atomic E-state index is 13.9. The molecule has 0 amide bonds. The first kappa shape index (κ1) is 12.6. The van der Waals surface area contributed by atoms with E-state index in [2.05, 4.69) is 6.58 Å². The topological polar surface area (TPSA) is 23.5 Å². The van der Waals surface area contributed by atoms with Gasteiger partial charge in [0.25, 0.3) is 0 Å². The molecule has 1 aliphatic rings. The molecular formula is C13H15ClFNO. The molecule has 1 saturated heterocycles. The Kier molecular flexibility index (Phi) is 3.52. The van der Waals surface area contributed by atoms with E-state index in [-0.39, 0.29) is 10.6 Å². The number of β-amino-alcohol motifs (C(OH)–C–C–N with tert-alkyl or cyclic N) is 1. The van der Waals surface area contributed by atoms with Gasteiger partial charge in [0.1, 0.15) is 11.4 Å². The molecule has 17 heavy (non-hydrogen) atoms. The van der Waals surface area contributed by atoms with E-state index in [4.69, 9.17) is 11.6 Å². The molecule has 0 radical (unpaired) electrons. The quantitative estimate of drug-likeness (QED) is 0.840. The molecule has 0 aromatic heterocycles. The van der Waals surface area contributed by atoms with Gasteiger partial charge in [0.15, 0.2) is 0 Å². The average Bonchev–Trinajstić information content (AvgIpc) is 2.66. The van der Waals surface area contributed by atoms with Crippen LogP contribution < -0.4 is 0 Å². The minimum Gasteiger partial charge on any atom is -0.384 e. The molecular weight excluding hydrogens is 241 g/mol. The lowest BCUT2D eigenvalue weighted by atomic mass is 9.92. The fraction of sp³-hybridized carbons (Fsp3) is 0.385. The largest absolute Gasteiger partial charge is 0.384 e. The van der Waals surface area contributed by atoms with E-state index in [0.29, 0.717) is 19.5 Å². The van der Waals surface area contributed by atoms with Gasteiger partial charge in [-0.15, -0.1) is 6.58 Å². The van der Waals surface area contributed by atoms with Gasteiger partial charge in [-0.25, -0.2) is 4.39 Å². The molecule has 2 nitrogen and oxygen atoms in total. The Bertz CT molecular complexity index is 437. The van der Waals surface area contributed by atoms with Crippen LogP contribution in [0.3, 0.4) is 0 Å². The van der Waals surface area contributed by atoms with Gasteiger partial charge >= 0.3 is 0 Å². The van der Waals surface area contributed by atoms with Crippen LogP contribution in [0.4, 0.5) is 4.39 Å². The average molecular weight is 256 g/mol. The zero-order chi connectivity index (χ0) is 12.5. The number of likely N-dealkylation sites (tertiary alicyclic amines) is 1. The van der Waals surface area contributed by atoms with Crippen LogP contribution in [-0.2, 0) is 5.60 Å². The van der Waals surface area contributed by atoms with Gasteiger partial charge in [0, 0.05) is 25.2 Å². The molecule has 1 heterocycles. The smallest absolute Gasteiger partial charge is 0.147 e. The number of nitrogens with zero attached hydrogens (tertiary/aromatic N) is 1. The number of aliphatic hydroxyl groups is 1. The first-order chi connectivity index (χ1) is 8.07. The summed E-state index contributed by atoms with van der Waals surface area (Å²) in [6.45, 7) is 5.50. The maximum absolute atomic E-state index is 13.9. The highest BCUT2D eigenvalue weighted by Crippen LogP contribution is 2.35. The third kappa shape index (κ3) is 2.37. The van der Waals surface area contributed by atoms with Crippen molar-refractivity contribution in [3.8, 4) is 0 Å². The van der Waals surface area contributed by atoms with Gasteiger partial charge in [0.05, 0.1) is 5.02 Å². The van der Waals surface area contributed by atoms with Gasteiger partial charge in [-0.05, 0) is 12.5 Å². The second kappa shape index (κ2) is 4.77. The van der Waals surface area contributed by atoms with Crippen molar-refractivity contribution in [3.63, 3.8) is 0 Å². The Morgan fingerprint density at radius 2 is 2.35 bits per heavy atom. The monoisotopic (exact) mass is 255 g/mol. The van der Waals surface area contributed by atoms with E-state index in [0.717, 1.165) is 6.54 Å². The summed E-state index contributed by atoms with van der Waals surface area (Å²) >= 11 is 5.74. The number of hydrogen-bond donors (Lipinski definition) is 1. The first-order valence-electron chi connectivity index (χ1n) is 5.57. The van der Waals surface area contributed by atoms with E-state index < -0.39 is 11.4 Å². The molecule has 1 aromatic carbocycles. The fourth-order valence-electron chi connectivity index (χ4n) is 2.29. The molecule has 92 valence electrons. The Labute approximate surface area is 105 Å². The summed E-state index contributed by atoms with van der Waals surface area (Å²) in [5.41, 5.74) is -0.852. The molecule has 1 aromatic rings. The third-order valence-corrected chi connectivity index (χ3v) is 3.46. The lowest BCUT2D eigenvalue weighted by molar-refractivity contribution is 0.0438. The van der Waals surface area contributed by atoms with Gasteiger partial charge < -0.3 is 5.11 Å². The van der Waals surface area contributed by atoms with Gasteiger partial charge in [-0.2, -0.15) is 0 Å². The van der Waals surface area contributed by atoms with Crippen LogP contribution in [0.15, 0.2) is 30.9 Å². The van der Waals surface area contributed by atoms with Crippen LogP contribution in [0.5, 0.6) is 0 Å². The molecule has 0 spiro atoms. The van der Waals surface area contributed by atoms with Gasteiger partial charge in [-0.1, -0.05) is 29.8 Å². The van der Waals surface area contributed by atoms with Crippen molar-refractivity contribution >= 4 is 11.6 Å². The van der Waals surface area contributed by atoms with E-state index in [1.807, 2.05) is 4.90 Å². The Morgan fingerprint density at radius 3 is 3.06 bits per heavy atom. The van der Waals surface area contributed by atoms with Crippen molar-refractivity contribution in [1.82, 2.24) is 4.90 Å². The zero-order valence-electron chi connectivity index (χ0n) is 9.50. The molecule has 1 atom stereocenters. The number of benzene rings is 1. The molecule has 1 N–H and O–H groups in total. The molecule has 1 aliphatic heterocycles. The first-order valence-corrected chi connectivity index (χ1v) is 5.95. The predicted octanol–water partition coefficient (Wildman–Crippen LogP) is 2.56. The van der Waals surface area contributed by atoms with Crippen molar-refractivity contribution in [1.29, 1.82) is 0 Å². The van der Waals surface area contributed by atoms with Crippen molar-refractivity contribution in [2.45, 2.75) is 12.0 Å². The highest BCUT2D eigenvalue weighted by molar-refractivity contribution is 6.30.